The van der Waals surface area contributed by atoms with Gasteiger partial charge in [0.25, 0.3) is 0 Å². The van der Waals surface area contributed by atoms with Crippen LogP contribution in [0.4, 0.5) is 5.69 Å². The van der Waals surface area contributed by atoms with E-state index >= 15 is 0 Å². The Labute approximate surface area is 135 Å². The molecule has 1 aliphatic heterocycles. The Balaban J connectivity index is 1.96. The van der Waals surface area contributed by atoms with Crippen molar-refractivity contribution in [3.63, 3.8) is 0 Å². The molecule has 0 aliphatic carbocycles. The number of carbonyl (C=O) groups excluding carboxylic acids is 2. The molecule has 1 fully saturated rings. The number of aryl methyl sites for hydroxylation is 1. The third kappa shape index (κ3) is 4.09. The van der Waals surface area contributed by atoms with Gasteiger partial charge in [-0.2, -0.15) is 0 Å². The van der Waals surface area contributed by atoms with Crippen molar-refractivity contribution in [3.8, 4) is 0 Å². The summed E-state index contributed by atoms with van der Waals surface area (Å²) in [6, 6.07) is 7.65. The molecule has 0 aromatic heterocycles. The third-order valence-electron chi connectivity index (χ3n) is 4.11. The van der Waals surface area contributed by atoms with Crippen LogP contribution in [0.5, 0.6) is 0 Å². The summed E-state index contributed by atoms with van der Waals surface area (Å²) in [5.41, 5.74) is 1.93. The first-order chi connectivity index (χ1) is 10.9. The molecule has 0 bridgehead atoms. The van der Waals surface area contributed by atoms with Gasteiger partial charge in [0.05, 0.1) is 0 Å². The summed E-state index contributed by atoms with van der Waals surface area (Å²) >= 11 is 0. The normalized spacial score (nSPS) is 17.4. The average molecular weight is 318 g/mol. The van der Waals surface area contributed by atoms with E-state index in [0.717, 1.165) is 11.3 Å². The highest BCUT2D eigenvalue weighted by Gasteiger charge is 2.38. The zero-order valence-electron chi connectivity index (χ0n) is 13.5. The van der Waals surface area contributed by atoms with Crippen LogP contribution >= 0.6 is 0 Å². The quantitative estimate of drug-likeness (QED) is 0.809. The molecular formula is C17H22N2O4. The Bertz CT molecular complexity index is 597. The van der Waals surface area contributed by atoms with E-state index in [9.17, 15) is 14.4 Å². The van der Waals surface area contributed by atoms with Gasteiger partial charge in [0.15, 0.2) is 0 Å². The Hall–Kier alpha value is -2.37. The molecule has 1 saturated heterocycles. The van der Waals surface area contributed by atoms with Crippen molar-refractivity contribution in [2.75, 3.05) is 25.0 Å². The highest BCUT2D eigenvalue weighted by Crippen LogP contribution is 2.26. The number of carbonyl (C=O) groups is 3. The Kier molecular flexibility index (Phi) is 5.36. The molecule has 1 heterocycles. The van der Waals surface area contributed by atoms with Crippen LogP contribution in [-0.2, 0) is 14.4 Å². The smallest absolute Gasteiger partial charge is 0.303 e. The molecule has 1 aliphatic rings. The number of nitrogens with zero attached hydrogens (tertiary/aromatic N) is 2. The van der Waals surface area contributed by atoms with Crippen LogP contribution in [0.25, 0.3) is 0 Å². The first-order valence-electron chi connectivity index (χ1n) is 7.75. The van der Waals surface area contributed by atoms with Gasteiger partial charge >= 0.3 is 5.97 Å². The predicted molar refractivity (Wildman–Crippen MR) is 86.1 cm³/mol. The summed E-state index contributed by atoms with van der Waals surface area (Å²) in [7, 11) is 1.62. The van der Waals surface area contributed by atoms with Crippen molar-refractivity contribution < 1.29 is 19.5 Å². The molecule has 2 amide bonds. The second kappa shape index (κ2) is 7.26. The minimum absolute atomic E-state index is 0.0196. The average Bonchev–Trinajstić information content (AvgIpc) is 2.88. The maximum Gasteiger partial charge on any atom is 0.303 e. The van der Waals surface area contributed by atoms with Gasteiger partial charge in [-0.1, -0.05) is 17.7 Å². The van der Waals surface area contributed by atoms with Crippen molar-refractivity contribution in [2.45, 2.75) is 26.2 Å². The topological polar surface area (TPSA) is 77.9 Å². The number of amides is 2. The number of rotatable bonds is 6. The molecule has 1 atom stereocenters. The molecular weight excluding hydrogens is 296 g/mol. The minimum Gasteiger partial charge on any atom is -0.481 e. The van der Waals surface area contributed by atoms with Crippen molar-refractivity contribution in [1.29, 1.82) is 0 Å². The van der Waals surface area contributed by atoms with Gasteiger partial charge in [0.1, 0.15) is 5.92 Å². The van der Waals surface area contributed by atoms with Gasteiger partial charge in [-0.05, 0) is 31.9 Å². The molecule has 1 aromatic carbocycles. The highest BCUT2D eigenvalue weighted by molar-refractivity contribution is 6.09. The largest absolute Gasteiger partial charge is 0.481 e. The van der Waals surface area contributed by atoms with Crippen LogP contribution in [-0.4, -0.2) is 47.9 Å². The zero-order valence-corrected chi connectivity index (χ0v) is 13.5. The third-order valence-corrected chi connectivity index (χ3v) is 4.11. The molecule has 23 heavy (non-hydrogen) atoms. The van der Waals surface area contributed by atoms with E-state index in [2.05, 4.69) is 0 Å². The van der Waals surface area contributed by atoms with Crippen molar-refractivity contribution in [3.05, 3.63) is 29.8 Å². The Morgan fingerprint density at radius 2 is 1.96 bits per heavy atom. The first kappa shape index (κ1) is 17.0. The highest BCUT2D eigenvalue weighted by atomic mass is 16.4. The first-order valence-corrected chi connectivity index (χ1v) is 7.75. The lowest BCUT2D eigenvalue weighted by atomic mass is 10.1. The van der Waals surface area contributed by atoms with Gasteiger partial charge in [0, 0.05) is 32.2 Å². The van der Waals surface area contributed by atoms with Crippen LogP contribution in [0.2, 0.25) is 0 Å². The molecule has 6 heteroatoms. The van der Waals surface area contributed by atoms with E-state index < -0.39 is 11.9 Å². The van der Waals surface area contributed by atoms with Crippen molar-refractivity contribution in [1.82, 2.24) is 4.90 Å². The summed E-state index contributed by atoms with van der Waals surface area (Å²) in [5.74, 6) is -1.95. The fourth-order valence-corrected chi connectivity index (χ4v) is 2.73. The van der Waals surface area contributed by atoms with Gasteiger partial charge in [-0.15, -0.1) is 0 Å². The van der Waals surface area contributed by atoms with E-state index in [4.69, 9.17) is 5.11 Å². The standard InChI is InChI=1S/C17H22N2O4/c1-12-5-7-13(8-6-12)19-11-9-14(17(19)23)16(22)18(2)10-3-4-15(20)21/h5-8,14H,3-4,9-11H2,1-2H3,(H,20,21). The van der Waals surface area contributed by atoms with Gasteiger partial charge in [0.2, 0.25) is 11.8 Å². The van der Waals surface area contributed by atoms with Gasteiger partial charge < -0.3 is 14.9 Å². The maximum absolute atomic E-state index is 12.5. The maximum atomic E-state index is 12.5. The zero-order chi connectivity index (χ0) is 17.0. The lowest BCUT2D eigenvalue weighted by Gasteiger charge is -2.21. The molecule has 1 N–H and O–H groups in total. The molecule has 1 unspecified atom stereocenters. The van der Waals surface area contributed by atoms with Gasteiger partial charge in [-0.3, -0.25) is 14.4 Å². The lowest BCUT2D eigenvalue weighted by molar-refractivity contribution is -0.141. The van der Waals surface area contributed by atoms with Crippen LogP contribution in [0.1, 0.15) is 24.8 Å². The van der Waals surface area contributed by atoms with Crippen molar-refractivity contribution >= 4 is 23.5 Å². The second-order valence-corrected chi connectivity index (χ2v) is 5.92. The molecule has 1 aromatic rings. The summed E-state index contributed by atoms with van der Waals surface area (Å²) < 4.78 is 0. The summed E-state index contributed by atoms with van der Waals surface area (Å²) in [6.07, 6.45) is 0.903. The lowest BCUT2D eigenvalue weighted by Crippen LogP contribution is -2.38. The van der Waals surface area contributed by atoms with Crippen molar-refractivity contribution in [2.24, 2.45) is 5.92 Å². The summed E-state index contributed by atoms with van der Waals surface area (Å²) in [6.45, 7) is 2.86. The van der Waals surface area contributed by atoms with Crippen LogP contribution in [0.3, 0.4) is 0 Å². The molecule has 0 saturated carbocycles. The van der Waals surface area contributed by atoms with E-state index in [1.807, 2.05) is 31.2 Å². The summed E-state index contributed by atoms with van der Waals surface area (Å²) in [4.78, 5) is 38.5. The van der Waals surface area contributed by atoms with E-state index in [1.165, 1.54) is 4.90 Å². The number of hydrogen-bond donors (Lipinski definition) is 1. The van der Waals surface area contributed by atoms with Crippen LogP contribution < -0.4 is 4.90 Å². The SMILES string of the molecule is Cc1ccc(N2CCC(C(=O)N(C)CCCC(=O)O)C2=O)cc1. The molecule has 6 nitrogen and oxygen atoms in total. The predicted octanol–water partition coefficient (Wildman–Crippen LogP) is 1.67. The van der Waals surface area contributed by atoms with Gasteiger partial charge in [-0.25, -0.2) is 0 Å². The monoisotopic (exact) mass is 318 g/mol. The molecule has 124 valence electrons. The summed E-state index contributed by atoms with van der Waals surface area (Å²) in [5, 5.41) is 8.63. The fraction of sp³-hybridized carbons (Fsp3) is 0.471. The minimum atomic E-state index is -0.881. The number of aliphatic carboxylic acids is 1. The van der Waals surface area contributed by atoms with E-state index in [0.29, 0.717) is 25.9 Å². The Morgan fingerprint density at radius 1 is 1.30 bits per heavy atom. The number of hydrogen-bond acceptors (Lipinski definition) is 3. The molecule has 0 radical (unpaired) electrons. The van der Waals surface area contributed by atoms with Crippen LogP contribution in [0.15, 0.2) is 24.3 Å². The van der Waals surface area contributed by atoms with E-state index in [-0.39, 0.29) is 18.2 Å². The van der Waals surface area contributed by atoms with E-state index in [1.54, 1.807) is 11.9 Å². The molecule has 2 rings (SSSR count). The van der Waals surface area contributed by atoms with Crippen LogP contribution in [0, 0.1) is 12.8 Å². The number of carboxylic acids is 1. The second-order valence-electron chi connectivity index (χ2n) is 5.92. The number of carboxylic acid groups (broad SMARTS) is 1. The Morgan fingerprint density at radius 3 is 2.57 bits per heavy atom. The molecule has 0 spiro atoms. The fourth-order valence-electron chi connectivity index (χ4n) is 2.73. The number of benzene rings is 1. The number of anilines is 1.